The molecule has 1 fully saturated rings. The van der Waals surface area contributed by atoms with Gasteiger partial charge in [0.2, 0.25) is 0 Å². The van der Waals surface area contributed by atoms with Crippen molar-refractivity contribution in [2.24, 2.45) is 0 Å². The second-order valence-electron chi connectivity index (χ2n) is 8.81. The van der Waals surface area contributed by atoms with Crippen molar-refractivity contribution in [3.8, 4) is 0 Å². The molecule has 1 rings (SSSR count). The van der Waals surface area contributed by atoms with Gasteiger partial charge in [-0.05, 0) is 18.6 Å². The molecule has 0 aliphatic carbocycles. The maximum absolute atomic E-state index is 10.0. The largest absolute Gasteiger partial charge is 0.484 e. The lowest BCUT2D eigenvalue weighted by molar-refractivity contribution is -0.0663. The molecular formula is C24H46O5S. The van der Waals surface area contributed by atoms with E-state index in [0.29, 0.717) is 5.05 Å². The van der Waals surface area contributed by atoms with Crippen LogP contribution in [0.25, 0.3) is 0 Å². The van der Waals surface area contributed by atoms with Crippen molar-refractivity contribution in [1.29, 1.82) is 0 Å². The molecule has 5 nitrogen and oxygen atoms in total. The minimum atomic E-state index is -1.08. The number of aliphatic hydroxyl groups excluding tert-OH is 3. The molecular weight excluding hydrogens is 400 g/mol. The van der Waals surface area contributed by atoms with E-state index < -0.39 is 24.4 Å². The van der Waals surface area contributed by atoms with Crippen LogP contribution in [-0.2, 0) is 9.47 Å². The van der Waals surface area contributed by atoms with E-state index in [1.54, 1.807) is 0 Å². The zero-order valence-electron chi connectivity index (χ0n) is 19.1. The molecule has 178 valence electrons. The van der Waals surface area contributed by atoms with Crippen LogP contribution in [0.15, 0.2) is 0 Å². The number of hydrogen-bond acceptors (Lipinski definition) is 6. The third-order valence-electron chi connectivity index (χ3n) is 5.97. The number of rotatable bonds is 19. The van der Waals surface area contributed by atoms with E-state index in [0.717, 1.165) is 19.3 Å². The van der Waals surface area contributed by atoms with Crippen molar-refractivity contribution in [2.45, 2.75) is 134 Å². The molecule has 3 N–H and O–H groups in total. The maximum Gasteiger partial charge on any atom is 0.159 e. The number of thiocarbonyl (C=S) groups is 1. The summed E-state index contributed by atoms with van der Waals surface area (Å²) in [5, 5.41) is 29.7. The minimum Gasteiger partial charge on any atom is -0.484 e. The smallest absolute Gasteiger partial charge is 0.159 e. The predicted molar refractivity (Wildman–Crippen MR) is 126 cm³/mol. The monoisotopic (exact) mass is 446 g/mol. The Bertz CT molecular complexity index is 420. The van der Waals surface area contributed by atoms with Crippen LogP contribution in [0.3, 0.4) is 0 Å². The van der Waals surface area contributed by atoms with E-state index in [9.17, 15) is 15.3 Å². The van der Waals surface area contributed by atoms with Crippen LogP contribution >= 0.6 is 12.2 Å². The fraction of sp³-hybridized carbons (Fsp3) is 0.958. The van der Waals surface area contributed by atoms with Gasteiger partial charge in [-0.2, -0.15) is 0 Å². The Morgan fingerprint density at radius 2 is 1.33 bits per heavy atom. The van der Waals surface area contributed by atoms with E-state index in [-0.39, 0.29) is 13.2 Å². The Morgan fingerprint density at radius 3 is 1.77 bits per heavy atom. The lowest BCUT2D eigenvalue weighted by atomic mass is 10.0. The fourth-order valence-corrected chi connectivity index (χ4v) is 4.16. The second kappa shape index (κ2) is 18.3. The van der Waals surface area contributed by atoms with Crippen LogP contribution in [0, 0.1) is 0 Å². The zero-order valence-corrected chi connectivity index (χ0v) is 19.9. The lowest BCUT2D eigenvalue weighted by Gasteiger charge is -2.21. The minimum absolute atomic E-state index is 0.00792. The quantitative estimate of drug-likeness (QED) is 0.190. The first-order chi connectivity index (χ1) is 14.6. The van der Waals surface area contributed by atoms with E-state index >= 15 is 0 Å². The molecule has 1 aliphatic rings. The molecule has 0 aromatic heterocycles. The van der Waals surface area contributed by atoms with Crippen molar-refractivity contribution >= 4 is 17.3 Å². The van der Waals surface area contributed by atoms with Crippen LogP contribution in [0.4, 0.5) is 0 Å². The molecule has 4 atom stereocenters. The van der Waals surface area contributed by atoms with E-state index in [1.807, 2.05) is 0 Å². The third-order valence-corrected chi connectivity index (χ3v) is 6.29. The first kappa shape index (κ1) is 27.8. The highest BCUT2D eigenvalue weighted by molar-refractivity contribution is 7.80. The summed E-state index contributed by atoms with van der Waals surface area (Å²) in [4.78, 5) is 0. The van der Waals surface area contributed by atoms with Crippen molar-refractivity contribution in [3.63, 3.8) is 0 Å². The Labute approximate surface area is 189 Å². The van der Waals surface area contributed by atoms with Gasteiger partial charge in [-0.3, -0.25) is 0 Å². The summed E-state index contributed by atoms with van der Waals surface area (Å²) < 4.78 is 10.6. The molecule has 0 unspecified atom stereocenters. The summed E-state index contributed by atoms with van der Waals surface area (Å²) in [6.07, 6.45) is 16.9. The van der Waals surface area contributed by atoms with Gasteiger partial charge >= 0.3 is 0 Å². The summed E-state index contributed by atoms with van der Waals surface area (Å²) in [7, 11) is 0. The van der Waals surface area contributed by atoms with Crippen LogP contribution in [0.5, 0.6) is 0 Å². The van der Waals surface area contributed by atoms with Gasteiger partial charge in [-0.25, -0.2) is 0 Å². The van der Waals surface area contributed by atoms with E-state index in [1.165, 1.54) is 83.5 Å². The van der Waals surface area contributed by atoms with E-state index in [2.05, 4.69) is 6.92 Å². The van der Waals surface area contributed by atoms with Crippen molar-refractivity contribution in [2.75, 3.05) is 13.2 Å². The lowest BCUT2D eigenvalue weighted by Crippen LogP contribution is -2.41. The highest BCUT2D eigenvalue weighted by Gasteiger charge is 2.39. The van der Waals surface area contributed by atoms with Gasteiger partial charge in [0.15, 0.2) is 5.05 Å². The Balaban J connectivity index is 1.83. The SMILES string of the molecule is CCCCCCCCCCCCCCCCCC(=S)OC[C@H](O)[C@H]1OC[C@@H](O)[C@H]1O. The van der Waals surface area contributed by atoms with Gasteiger partial charge in [-0.15, -0.1) is 0 Å². The summed E-state index contributed by atoms with van der Waals surface area (Å²) in [5.41, 5.74) is 0. The van der Waals surface area contributed by atoms with Gasteiger partial charge in [0.1, 0.15) is 31.0 Å². The molecule has 30 heavy (non-hydrogen) atoms. The zero-order chi connectivity index (χ0) is 22.0. The Hall–Kier alpha value is -0.270. The summed E-state index contributed by atoms with van der Waals surface area (Å²) in [6.45, 7) is 2.30. The highest BCUT2D eigenvalue weighted by Crippen LogP contribution is 2.18. The van der Waals surface area contributed by atoms with Crippen molar-refractivity contribution in [1.82, 2.24) is 0 Å². The molecule has 0 radical (unpaired) electrons. The number of unbranched alkanes of at least 4 members (excludes halogenated alkanes) is 14. The first-order valence-electron chi connectivity index (χ1n) is 12.4. The summed E-state index contributed by atoms with van der Waals surface area (Å²) >= 11 is 5.21. The predicted octanol–water partition coefficient (Wildman–Crippen LogP) is 5.07. The van der Waals surface area contributed by atoms with Crippen LogP contribution < -0.4 is 0 Å². The Morgan fingerprint density at radius 1 is 0.867 bits per heavy atom. The van der Waals surface area contributed by atoms with Crippen molar-refractivity contribution in [3.05, 3.63) is 0 Å². The van der Waals surface area contributed by atoms with Crippen LogP contribution in [0.2, 0.25) is 0 Å². The molecule has 6 heteroatoms. The topological polar surface area (TPSA) is 79.2 Å². The molecule has 1 aliphatic heterocycles. The van der Waals surface area contributed by atoms with Crippen LogP contribution in [-0.4, -0.2) is 58.0 Å². The average molecular weight is 447 g/mol. The molecule has 0 spiro atoms. The molecule has 0 aromatic carbocycles. The molecule has 1 saturated heterocycles. The molecule has 0 amide bonds. The normalized spacial score (nSPS) is 22.3. The molecule has 0 aromatic rings. The second-order valence-corrected chi connectivity index (χ2v) is 9.26. The number of aliphatic hydroxyl groups is 3. The number of hydrogen-bond donors (Lipinski definition) is 3. The molecule has 0 bridgehead atoms. The van der Waals surface area contributed by atoms with Gasteiger partial charge in [0, 0.05) is 6.42 Å². The first-order valence-corrected chi connectivity index (χ1v) is 12.8. The van der Waals surface area contributed by atoms with Gasteiger partial charge in [-0.1, -0.05) is 96.8 Å². The molecule has 0 saturated carbocycles. The van der Waals surface area contributed by atoms with E-state index in [4.69, 9.17) is 21.7 Å². The molecule has 1 heterocycles. The Kier molecular flexibility index (Phi) is 17.0. The van der Waals surface area contributed by atoms with Gasteiger partial charge < -0.3 is 24.8 Å². The number of ether oxygens (including phenoxy) is 2. The van der Waals surface area contributed by atoms with Crippen LogP contribution in [0.1, 0.15) is 110 Å². The standard InChI is InChI=1S/C24H46O5S/c1-2-3-4-5-6-7-8-9-10-11-12-13-14-15-16-17-22(30)28-19-21(26)24-23(27)20(25)18-29-24/h20-21,23-27H,2-19H2,1H3/t20-,21+,23-,24-/m1/s1. The third kappa shape index (κ3) is 13.2. The van der Waals surface area contributed by atoms with Gasteiger partial charge in [0.05, 0.1) is 6.61 Å². The highest BCUT2D eigenvalue weighted by atomic mass is 32.1. The summed E-state index contributed by atoms with van der Waals surface area (Å²) in [6, 6.07) is 0. The average Bonchev–Trinajstić information content (AvgIpc) is 3.07. The fourth-order valence-electron chi connectivity index (χ4n) is 3.95. The van der Waals surface area contributed by atoms with Gasteiger partial charge in [0.25, 0.3) is 0 Å². The summed E-state index contributed by atoms with van der Waals surface area (Å²) in [5.74, 6) is 0. The maximum atomic E-state index is 10.0. The van der Waals surface area contributed by atoms with Crippen molar-refractivity contribution < 1.29 is 24.8 Å².